The van der Waals surface area contributed by atoms with E-state index in [1.807, 2.05) is 16.3 Å². The number of tetrazole rings is 1. The molecule has 0 atom stereocenters. The van der Waals surface area contributed by atoms with Crippen molar-refractivity contribution in [3.05, 3.63) is 47.3 Å². The van der Waals surface area contributed by atoms with Crippen LogP contribution in [-0.4, -0.2) is 30.0 Å². The Morgan fingerprint density at radius 1 is 1.13 bits per heavy atom. The molecule has 0 aliphatic heterocycles. The minimum absolute atomic E-state index is 0.265. The molecular weight excluding hydrogens is 308 g/mol. The van der Waals surface area contributed by atoms with Gasteiger partial charge in [-0.3, -0.25) is 0 Å². The summed E-state index contributed by atoms with van der Waals surface area (Å²) >= 11 is 1.65. The Labute approximate surface area is 139 Å². The molecule has 3 rings (SSSR count). The summed E-state index contributed by atoms with van der Waals surface area (Å²) in [4.78, 5) is 0. The highest BCUT2D eigenvalue weighted by molar-refractivity contribution is 7.98. The van der Waals surface area contributed by atoms with Crippen LogP contribution in [0.3, 0.4) is 0 Å². The maximum Gasteiger partial charge on any atom is 0.209 e. The van der Waals surface area contributed by atoms with E-state index in [9.17, 15) is 0 Å². The van der Waals surface area contributed by atoms with E-state index in [0.717, 1.165) is 28.0 Å². The largest absolute Gasteiger partial charge is 0.238 e. The Balaban J connectivity index is 1.70. The van der Waals surface area contributed by atoms with Crippen molar-refractivity contribution in [3.63, 3.8) is 0 Å². The highest BCUT2D eigenvalue weighted by atomic mass is 32.2. The maximum atomic E-state index is 4.51. The lowest BCUT2D eigenvalue weighted by molar-refractivity contribution is 0.477. The molecule has 0 amide bonds. The van der Waals surface area contributed by atoms with E-state index < -0.39 is 0 Å². The SMILES string of the molecule is Cc1cc(C)n(-c2ccc(CSc3nnnn3C(C)C)cc2)n1. The van der Waals surface area contributed by atoms with Crippen LogP contribution < -0.4 is 0 Å². The molecule has 0 aliphatic rings. The molecule has 0 fully saturated rings. The fraction of sp³-hybridized carbons (Fsp3) is 0.375. The average Bonchev–Trinajstić information content (AvgIpc) is 3.12. The smallest absolute Gasteiger partial charge is 0.209 e. The topological polar surface area (TPSA) is 61.4 Å². The molecule has 2 aromatic heterocycles. The zero-order chi connectivity index (χ0) is 16.4. The highest BCUT2D eigenvalue weighted by Crippen LogP contribution is 2.23. The van der Waals surface area contributed by atoms with E-state index in [2.05, 4.69) is 71.7 Å². The molecule has 0 aliphatic carbocycles. The van der Waals surface area contributed by atoms with E-state index in [1.54, 1.807) is 11.8 Å². The third-order valence-corrected chi connectivity index (χ3v) is 4.51. The zero-order valence-corrected chi connectivity index (χ0v) is 14.6. The van der Waals surface area contributed by atoms with Gasteiger partial charge >= 0.3 is 0 Å². The van der Waals surface area contributed by atoms with Crippen LogP contribution in [0.2, 0.25) is 0 Å². The van der Waals surface area contributed by atoms with Crippen LogP contribution in [0, 0.1) is 13.8 Å². The molecule has 0 spiro atoms. The van der Waals surface area contributed by atoms with Crippen molar-refractivity contribution in [2.75, 3.05) is 0 Å². The van der Waals surface area contributed by atoms with Crippen molar-refractivity contribution in [3.8, 4) is 5.69 Å². The van der Waals surface area contributed by atoms with Gasteiger partial charge in [-0.25, -0.2) is 9.36 Å². The summed E-state index contributed by atoms with van der Waals surface area (Å²) in [5.41, 5.74) is 4.48. The number of aryl methyl sites for hydroxylation is 2. The molecule has 0 saturated heterocycles. The molecule has 23 heavy (non-hydrogen) atoms. The normalized spacial score (nSPS) is 11.3. The Morgan fingerprint density at radius 3 is 2.48 bits per heavy atom. The molecule has 1 aromatic carbocycles. The van der Waals surface area contributed by atoms with E-state index in [0.29, 0.717) is 0 Å². The van der Waals surface area contributed by atoms with Gasteiger partial charge in [0, 0.05) is 11.4 Å². The third-order valence-electron chi connectivity index (χ3n) is 3.51. The lowest BCUT2D eigenvalue weighted by atomic mass is 10.2. The molecule has 0 saturated carbocycles. The number of hydrogen-bond acceptors (Lipinski definition) is 5. The van der Waals surface area contributed by atoms with Gasteiger partial charge < -0.3 is 0 Å². The molecular formula is C16H20N6S. The summed E-state index contributed by atoms with van der Waals surface area (Å²) in [5, 5.41) is 17.2. The summed E-state index contributed by atoms with van der Waals surface area (Å²) in [5.74, 6) is 0.838. The highest BCUT2D eigenvalue weighted by Gasteiger charge is 2.10. The third kappa shape index (κ3) is 3.44. The van der Waals surface area contributed by atoms with Crippen LogP contribution in [0.5, 0.6) is 0 Å². The lowest BCUT2D eigenvalue weighted by Gasteiger charge is -2.08. The molecule has 6 nitrogen and oxygen atoms in total. The van der Waals surface area contributed by atoms with E-state index >= 15 is 0 Å². The number of hydrogen-bond donors (Lipinski definition) is 0. The standard InChI is InChI=1S/C16H20N6S/c1-11(2)21-16(17-19-20-21)23-10-14-5-7-15(8-6-14)22-13(4)9-12(3)18-22/h5-9,11H,10H2,1-4H3. The van der Waals surface area contributed by atoms with Crippen molar-refractivity contribution in [2.24, 2.45) is 0 Å². The van der Waals surface area contributed by atoms with Crippen LogP contribution in [0.4, 0.5) is 0 Å². The van der Waals surface area contributed by atoms with E-state index in [4.69, 9.17) is 0 Å². The van der Waals surface area contributed by atoms with Crippen LogP contribution in [0.1, 0.15) is 36.8 Å². The Morgan fingerprint density at radius 2 is 1.87 bits per heavy atom. The number of nitrogens with zero attached hydrogens (tertiary/aromatic N) is 6. The number of rotatable bonds is 5. The van der Waals surface area contributed by atoms with Gasteiger partial charge in [-0.15, -0.1) is 5.10 Å². The minimum atomic E-state index is 0.265. The molecule has 0 N–H and O–H groups in total. The van der Waals surface area contributed by atoms with Crippen molar-refractivity contribution in [2.45, 2.75) is 44.6 Å². The average molecular weight is 328 g/mol. The van der Waals surface area contributed by atoms with Crippen molar-refractivity contribution >= 4 is 11.8 Å². The van der Waals surface area contributed by atoms with Gasteiger partial charge in [-0.1, -0.05) is 23.9 Å². The number of thioether (sulfide) groups is 1. The van der Waals surface area contributed by atoms with E-state index in [-0.39, 0.29) is 6.04 Å². The van der Waals surface area contributed by atoms with Gasteiger partial charge in [0.05, 0.1) is 17.4 Å². The molecule has 3 aromatic rings. The lowest BCUT2D eigenvalue weighted by Crippen LogP contribution is -2.04. The van der Waals surface area contributed by atoms with Crippen LogP contribution in [-0.2, 0) is 5.75 Å². The zero-order valence-electron chi connectivity index (χ0n) is 13.8. The number of aromatic nitrogens is 6. The maximum absolute atomic E-state index is 4.51. The summed E-state index contributed by atoms with van der Waals surface area (Å²) in [7, 11) is 0. The summed E-state index contributed by atoms with van der Waals surface area (Å²) in [6.07, 6.45) is 0. The second-order valence-electron chi connectivity index (χ2n) is 5.79. The molecule has 0 bridgehead atoms. The molecule has 120 valence electrons. The van der Waals surface area contributed by atoms with E-state index in [1.165, 1.54) is 5.56 Å². The Bertz CT molecular complexity index is 787. The molecule has 0 radical (unpaired) electrons. The van der Waals surface area contributed by atoms with Crippen LogP contribution in [0.15, 0.2) is 35.5 Å². The second kappa shape index (κ2) is 6.54. The first-order valence-corrected chi connectivity index (χ1v) is 8.56. The number of benzene rings is 1. The van der Waals surface area contributed by atoms with Gasteiger partial charge in [-0.2, -0.15) is 5.10 Å². The Hall–Kier alpha value is -2.15. The molecule has 0 unspecified atom stereocenters. The predicted octanol–water partition coefficient (Wildman–Crippen LogP) is 3.35. The fourth-order valence-corrected chi connectivity index (χ4v) is 3.34. The first kappa shape index (κ1) is 15.7. The van der Waals surface area contributed by atoms with Gasteiger partial charge in [0.1, 0.15) is 0 Å². The van der Waals surface area contributed by atoms with Crippen LogP contribution >= 0.6 is 11.8 Å². The van der Waals surface area contributed by atoms with Crippen molar-refractivity contribution in [1.29, 1.82) is 0 Å². The minimum Gasteiger partial charge on any atom is -0.238 e. The molecule has 2 heterocycles. The van der Waals surface area contributed by atoms with Gasteiger partial charge in [0.2, 0.25) is 5.16 Å². The van der Waals surface area contributed by atoms with Gasteiger partial charge in [0.15, 0.2) is 0 Å². The fourth-order valence-electron chi connectivity index (χ4n) is 2.38. The summed E-state index contributed by atoms with van der Waals surface area (Å²) in [6.45, 7) is 8.22. The van der Waals surface area contributed by atoms with Crippen molar-refractivity contribution < 1.29 is 0 Å². The Kier molecular flexibility index (Phi) is 4.47. The second-order valence-corrected chi connectivity index (χ2v) is 6.74. The van der Waals surface area contributed by atoms with Crippen LogP contribution in [0.25, 0.3) is 5.69 Å². The first-order chi connectivity index (χ1) is 11.0. The van der Waals surface area contributed by atoms with Crippen molar-refractivity contribution in [1.82, 2.24) is 30.0 Å². The molecule has 7 heteroatoms. The summed E-state index contributed by atoms with van der Waals surface area (Å²) in [6, 6.07) is 10.8. The van der Waals surface area contributed by atoms with Gasteiger partial charge in [0.25, 0.3) is 0 Å². The van der Waals surface area contributed by atoms with Gasteiger partial charge in [-0.05, 0) is 61.9 Å². The predicted molar refractivity (Wildman–Crippen MR) is 90.8 cm³/mol. The quantitative estimate of drug-likeness (QED) is 0.672. The monoisotopic (exact) mass is 328 g/mol. The first-order valence-electron chi connectivity index (χ1n) is 7.58. The summed E-state index contributed by atoms with van der Waals surface area (Å²) < 4.78 is 3.81.